The Balaban J connectivity index is 0.00000225. The van der Waals surface area contributed by atoms with Crippen LogP contribution in [-0.2, 0) is 14.3 Å². The van der Waals surface area contributed by atoms with Crippen molar-refractivity contribution in [2.75, 3.05) is 31.6 Å². The van der Waals surface area contributed by atoms with Gasteiger partial charge in [-0.15, -0.1) is 12.4 Å². The second-order valence-electron chi connectivity index (χ2n) is 6.44. The summed E-state index contributed by atoms with van der Waals surface area (Å²) in [5, 5.41) is 3.21. The Morgan fingerprint density at radius 2 is 2.04 bits per heavy atom. The van der Waals surface area contributed by atoms with Gasteiger partial charge in [0, 0.05) is 25.8 Å². The van der Waals surface area contributed by atoms with Gasteiger partial charge in [-0.1, -0.05) is 18.2 Å². The Morgan fingerprint density at radius 1 is 1.32 bits per heavy atom. The Bertz CT molecular complexity index is 598. The first-order valence-electron chi connectivity index (χ1n) is 8.57. The molecular formula is C18H26ClN3O3. The van der Waals surface area contributed by atoms with Gasteiger partial charge >= 0.3 is 0 Å². The number of amides is 2. The number of morpholine rings is 1. The summed E-state index contributed by atoms with van der Waals surface area (Å²) in [6, 6.07) is 8.84. The van der Waals surface area contributed by atoms with Crippen molar-refractivity contribution in [3.8, 4) is 0 Å². The number of halogens is 1. The van der Waals surface area contributed by atoms with Gasteiger partial charge < -0.3 is 19.9 Å². The van der Waals surface area contributed by atoms with Crippen molar-refractivity contribution < 1.29 is 14.3 Å². The average Bonchev–Trinajstić information content (AvgIpc) is 2.62. The minimum Gasteiger partial charge on any atom is -0.375 e. The number of carbonyl (C=O) groups excluding carboxylic acids is 2. The van der Waals surface area contributed by atoms with Gasteiger partial charge in [-0.2, -0.15) is 0 Å². The average molecular weight is 368 g/mol. The molecule has 0 bridgehead atoms. The highest BCUT2D eigenvalue weighted by Gasteiger charge is 2.38. The molecule has 2 aliphatic heterocycles. The van der Waals surface area contributed by atoms with Crippen molar-refractivity contribution in [2.24, 2.45) is 0 Å². The van der Waals surface area contributed by atoms with E-state index in [1.54, 1.807) is 16.8 Å². The van der Waals surface area contributed by atoms with E-state index in [4.69, 9.17) is 4.74 Å². The number of rotatable bonds is 3. The van der Waals surface area contributed by atoms with Gasteiger partial charge in [-0.25, -0.2) is 0 Å². The zero-order valence-corrected chi connectivity index (χ0v) is 15.5. The zero-order chi connectivity index (χ0) is 17.1. The summed E-state index contributed by atoms with van der Waals surface area (Å²) in [6.45, 7) is 3.85. The number of anilines is 1. The highest BCUT2D eigenvalue weighted by Crippen LogP contribution is 2.24. The number of hydrogen-bond donors (Lipinski definition) is 1. The summed E-state index contributed by atoms with van der Waals surface area (Å²) >= 11 is 0. The molecule has 2 heterocycles. The van der Waals surface area contributed by atoms with Crippen molar-refractivity contribution in [2.45, 2.75) is 38.0 Å². The Morgan fingerprint density at radius 3 is 2.72 bits per heavy atom. The number of benzene rings is 1. The molecule has 2 fully saturated rings. The number of hydrogen-bond acceptors (Lipinski definition) is 4. The standard InChI is InChI=1S/C18H25N3O3.ClH/c1-13-16(19-10-12-24-13)18(23)20(2)15-9-6-11-21(17(15)22)14-7-4-3-5-8-14;/h3-5,7-8,13,15-16,19H,6,9-12H2,1-2H3;1H/t13-,15?,16+;/m1./s1. The Labute approximate surface area is 154 Å². The van der Waals surface area contributed by atoms with Crippen molar-refractivity contribution in [1.82, 2.24) is 10.2 Å². The van der Waals surface area contributed by atoms with Gasteiger partial charge in [0.2, 0.25) is 11.8 Å². The SMILES string of the molecule is C[C@H]1OCCN[C@@H]1C(=O)N(C)C1CCCN(c2ccccc2)C1=O.Cl. The molecule has 138 valence electrons. The lowest BCUT2D eigenvalue weighted by Crippen LogP contribution is -2.60. The first-order chi connectivity index (χ1) is 11.6. The second-order valence-corrected chi connectivity index (χ2v) is 6.44. The lowest BCUT2D eigenvalue weighted by molar-refractivity contribution is -0.145. The molecule has 1 N–H and O–H groups in total. The Kier molecular flexibility index (Phi) is 6.81. The van der Waals surface area contributed by atoms with Crippen molar-refractivity contribution >= 4 is 29.9 Å². The summed E-state index contributed by atoms with van der Waals surface area (Å²) in [5.41, 5.74) is 0.889. The largest absolute Gasteiger partial charge is 0.375 e. The van der Waals surface area contributed by atoms with Crippen LogP contribution in [0.2, 0.25) is 0 Å². The fraction of sp³-hybridized carbons (Fsp3) is 0.556. The van der Waals surface area contributed by atoms with E-state index < -0.39 is 6.04 Å². The molecule has 7 heteroatoms. The number of piperidine rings is 1. The van der Waals surface area contributed by atoms with Gasteiger partial charge in [-0.05, 0) is 31.9 Å². The monoisotopic (exact) mass is 367 g/mol. The van der Waals surface area contributed by atoms with Crippen LogP contribution in [0.5, 0.6) is 0 Å². The van der Waals surface area contributed by atoms with E-state index in [0.717, 1.165) is 12.1 Å². The lowest BCUT2D eigenvalue weighted by Gasteiger charge is -2.39. The normalized spacial score (nSPS) is 26.7. The minimum atomic E-state index is -0.414. The molecule has 0 spiro atoms. The topological polar surface area (TPSA) is 61.9 Å². The number of likely N-dealkylation sites (N-methyl/N-ethyl adjacent to an activating group) is 1. The van der Waals surface area contributed by atoms with Gasteiger partial charge in [0.05, 0.1) is 12.7 Å². The van der Waals surface area contributed by atoms with Gasteiger partial charge in [0.15, 0.2) is 0 Å². The predicted octanol–water partition coefficient (Wildman–Crippen LogP) is 1.44. The van der Waals surface area contributed by atoms with Gasteiger partial charge in [0.25, 0.3) is 0 Å². The molecular weight excluding hydrogens is 342 g/mol. The molecule has 2 aliphatic rings. The van der Waals surface area contributed by atoms with Crippen LogP contribution in [0.3, 0.4) is 0 Å². The molecule has 0 aromatic heterocycles. The fourth-order valence-corrected chi connectivity index (χ4v) is 3.46. The van der Waals surface area contributed by atoms with E-state index in [1.807, 2.05) is 37.3 Å². The third-order valence-electron chi connectivity index (χ3n) is 4.88. The predicted molar refractivity (Wildman–Crippen MR) is 99.0 cm³/mol. The molecule has 1 aromatic carbocycles. The highest BCUT2D eigenvalue weighted by molar-refractivity contribution is 6.00. The summed E-state index contributed by atoms with van der Waals surface area (Å²) in [7, 11) is 1.72. The molecule has 0 aliphatic carbocycles. The lowest BCUT2D eigenvalue weighted by atomic mass is 10.0. The van der Waals surface area contributed by atoms with E-state index in [1.165, 1.54) is 0 Å². The highest BCUT2D eigenvalue weighted by atomic mass is 35.5. The van der Waals surface area contributed by atoms with Crippen LogP contribution in [-0.4, -0.2) is 61.6 Å². The van der Waals surface area contributed by atoms with E-state index in [9.17, 15) is 9.59 Å². The molecule has 25 heavy (non-hydrogen) atoms. The molecule has 2 amide bonds. The maximum Gasteiger partial charge on any atom is 0.249 e. The van der Waals surface area contributed by atoms with Crippen molar-refractivity contribution in [3.63, 3.8) is 0 Å². The second kappa shape index (κ2) is 8.65. The van der Waals surface area contributed by atoms with Crippen LogP contribution in [0.25, 0.3) is 0 Å². The molecule has 1 unspecified atom stereocenters. The van der Waals surface area contributed by atoms with Crippen LogP contribution >= 0.6 is 12.4 Å². The van der Waals surface area contributed by atoms with E-state index >= 15 is 0 Å². The van der Waals surface area contributed by atoms with Gasteiger partial charge in [0.1, 0.15) is 12.1 Å². The van der Waals surface area contributed by atoms with Crippen LogP contribution < -0.4 is 10.2 Å². The molecule has 0 saturated carbocycles. The minimum absolute atomic E-state index is 0. The number of para-hydroxylation sites is 1. The van der Waals surface area contributed by atoms with Crippen LogP contribution in [0.1, 0.15) is 19.8 Å². The first kappa shape index (κ1) is 19.7. The van der Waals surface area contributed by atoms with E-state index in [0.29, 0.717) is 26.1 Å². The van der Waals surface area contributed by atoms with E-state index in [2.05, 4.69) is 5.32 Å². The zero-order valence-electron chi connectivity index (χ0n) is 14.7. The smallest absolute Gasteiger partial charge is 0.249 e. The van der Waals surface area contributed by atoms with Crippen molar-refractivity contribution in [1.29, 1.82) is 0 Å². The van der Waals surface area contributed by atoms with Crippen LogP contribution in [0, 0.1) is 0 Å². The van der Waals surface area contributed by atoms with E-state index in [-0.39, 0.29) is 36.4 Å². The van der Waals surface area contributed by atoms with Gasteiger partial charge in [-0.3, -0.25) is 9.59 Å². The molecule has 2 saturated heterocycles. The summed E-state index contributed by atoms with van der Waals surface area (Å²) in [5.74, 6) is -0.0804. The maximum absolute atomic E-state index is 12.9. The number of carbonyl (C=O) groups is 2. The summed E-state index contributed by atoms with van der Waals surface area (Å²) in [6.07, 6.45) is 1.40. The quantitative estimate of drug-likeness (QED) is 0.878. The third kappa shape index (κ3) is 4.14. The van der Waals surface area contributed by atoms with Crippen molar-refractivity contribution in [3.05, 3.63) is 30.3 Å². The van der Waals surface area contributed by atoms with Crippen LogP contribution in [0.4, 0.5) is 5.69 Å². The molecule has 3 rings (SSSR count). The fourth-order valence-electron chi connectivity index (χ4n) is 3.46. The first-order valence-corrected chi connectivity index (χ1v) is 8.57. The molecule has 3 atom stereocenters. The maximum atomic E-state index is 12.9. The summed E-state index contributed by atoms with van der Waals surface area (Å²) in [4.78, 5) is 29.1. The third-order valence-corrected chi connectivity index (χ3v) is 4.88. The molecule has 1 aromatic rings. The summed E-state index contributed by atoms with van der Waals surface area (Å²) < 4.78 is 5.56. The number of nitrogens with one attached hydrogen (secondary N) is 1. The van der Waals surface area contributed by atoms with Crippen LogP contribution in [0.15, 0.2) is 30.3 Å². The number of ether oxygens (including phenoxy) is 1. The molecule has 0 radical (unpaired) electrons. The number of nitrogens with zero attached hydrogens (tertiary/aromatic N) is 2. The molecule has 6 nitrogen and oxygen atoms in total. The Hall–Kier alpha value is -1.63.